The maximum absolute atomic E-state index is 13.4. The number of aromatic amines is 1. The van der Waals surface area contributed by atoms with E-state index < -0.39 is 17.9 Å². The monoisotopic (exact) mass is 423 g/mol. The van der Waals surface area contributed by atoms with Crippen molar-refractivity contribution in [2.24, 2.45) is 0 Å². The summed E-state index contributed by atoms with van der Waals surface area (Å²) in [5, 5.41) is 15.4. The molecule has 0 unspecified atom stereocenters. The Balaban J connectivity index is 1.43. The molecule has 2 aromatic heterocycles. The number of fused-ring (bicyclic) bond motifs is 1. The predicted octanol–water partition coefficient (Wildman–Crippen LogP) is 3.79. The number of aliphatic carboxylic acids is 1. The van der Waals surface area contributed by atoms with E-state index in [-0.39, 0.29) is 18.7 Å². The molecule has 0 fully saturated rings. The molecule has 0 saturated heterocycles. The summed E-state index contributed by atoms with van der Waals surface area (Å²) in [6, 6.07) is 12.6. The summed E-state index contributed by atoms with van der Waals surface area (Å²) in [6.07, 6.45) is 1.87. The number of nitrogens with zero attached hydrogens (tertiary/aromatic N) is 1. The Morgan fingerprint density at radius 2 is 2.03 bits per heavy atom. The normalized spacial score (nSPS) is 12.0. The first-order valence-corrected chi connectivity index (χ1v) is 10.1. The smallest absolute Gasteiger partial charge is 0.326 e. The molecule has 0 saturated carbocycles. The van der Waals surface area contributed by atoms with Crippen LogP contribution in [-0.2, 0) is 22.4 Å². The summed E-state index contributed by atoms with van der Waals surface area (Å²) in [6.45, 7) is 0. The van der Waals surface area contributed by atoms with E-state index in [4.69, 9.17) is 0 Å². The van der Waals surface area contributed by atoms with Crippen LogP contribution in [0.5, 0.6) is 0 Å². The third-order valence-electron chi connectivity index (χ3n) is 4.70. The van der Waals surface area contributed by atoms with Crippen LogP contribution in [0, 0.1) is 5.82 Å². The van der Waals surface area contributed by atoms with Gasteiger partial charge in [0.25, 0.3) is 0 Å². The van der Waals surface area contributed by atoms with E-state index in [0.717, 1.165) is 16.5 Å². The van der Waals surface area contributed by atoms with E-state index in [9.17, 15) is 19.1 Å². The number of aromatic nitrogens is 2. The van der Waals surface area contributed by atoms with E-state index in [0.29, 0.717) is 16.3 Å². The van der Waals surface area contributed by atoms with Crippen molar-refractivity contribution >= 4 is 34.1 Å². The Morgan fingerprint density at radius 3 is 2.83 bits per heavy atom. The number of halogens is 1. The number of hydrogen-bond donors (Lipinski definition) is 3. The maximum atomic E-state index is 13.4. The molecule has 1 amide bonds. The Kier molecular flexibility index (Phi) is 5.58. The second-order valence-electron chi connectivity index (χ2n) is 6.85. The molecule has 8 heteroatoms. The molecule has 0 aliphatic carbocycles. The summed E-state index contributed by atoms with van der Waals surface area (Å²) < 4.78 is 13.4. The number of carboxylic acid groups (broad SMARTS) is 1. The minimum atomic E-state index is -1.10. The molecule has 1 atom stereocenters. The van der Waals surface area contributed by atoms with Crippen molar-refractivity contribution in [1.82, 2.24) is 15.3 Å². The molecule has 0 aliphatic rings. The summed E-state index contributed by atoms with van der Waals surface area (Å²) in [4.78, 5) is 31.6. The van der Waals surface area contributed by atoms with Gasteiger partial charge in [0.2, 0.25) is 5.91 Å². The average Bonchev–Trinajstić information content (AvgIpc) is 3.35. The van der Waals surface area contributed by atoms with Gasteiger partial charge in [0.1, 0.15) is 16.9 Å². The minimum absolute atomic E-state index is 0.0521. The molecular weight excluding hydrogens is 405 g/mol. The molecule has 0 aliphatic heterocycles. The number of H-pyrrole nitrogens is 1. The lowest BCUT2D eigenvalue weighted by Gasteiger charge is -2.14. The summed E-state index contributed by atoms with van der Waals surface area (Å²) >= 11 is 1.31. The van der Waals surface area contributed by atoms with Crippen LogP contribution in [0.2, 0.25) is 0 Å². The van der Waals surface area contributed by atoms with Crippen LogP contribution in [0.1, 0.15) is 11.3 Å². The largest absolute Gasteiger partial charge is 0.480 e. The first kappa shape index (κ1) is 19.8. The molecule has 2 heterocycles. The molecule has 0 radical (unpaired) electrons. The highest BCUT2D eigenvalue weighted by Gasteiger charge is 2.22. The highest BCUT2D eigenvalue weighted by Crippen LogP contribution is 2.24. The van der Waals surface area contributed by atoms with Crippen LogP contribution in [0.3, 0.4) is 0 Å². The fourth-order valence-electron chi connectivity index (χ4n) is 3.27. The molecular formula is C22H18FN3O3S. The number of carboxylic acids is 1. The third-order valence-corrected chi connectivity index (χ3v) is 5.64. The van der Waals surface area contributed by atoms with Crippen LogP contribution in [0.4, 0.5) is 4.39 Å². The van der Waals surface area contributed by atoms with Crippen molar-refractivity contribution in [3.63, 3.8) is 0 Å². The average molecular weight is 423 g/mol. The molecule has 0 spiro atoms. The number of benzene rings is 2. The Hall–Kier alpha value is -3.52. The van der Waals surface area contributed by atoms with Gasteiger partial charge in [0.15, 0.2) is 0 Å². The van der Waals surface area contributed by atoms with Crippen molar-refractivity contribution in [3.8, 4) is 10.6 Å². The molecule has 2 aromatic carbocycles. The van der Waals surface area contributed by atoms with Crippen molar-refractivity contribution < 1.29 is 19.1 Å². The Morgan fingerprint density at radius 1 is 1.20 bits per heavy atom. The fraction of sp³-hybridized carbons (Fsp3) is 0.136. The van der Waals surface area contributed by atoms with Gasteiger partial charge < -0.3 is 15.4 Å². The van der Waals surface area contributed by atoms with Crippen molar-refractivity contribution in [2.45, 2.75) is 18.9 Å². The SMILES string of the molecule is O=C(Cc1csc(-c2cccc(F)c2)n1)N[C@H](Cc1c[nH]c2ccccc12)C(=O)O. The van der Waals surface area contributed by atoms with Gasteiger partial charge in [-0.05, 0) is 23.8 Å². The second-order valence-corrected chi connectivity index (χ2v) is 7.71. The van der Waals surface area contributed by atoms with Crippen LogP contribution in [0.25, 0.3) is 21.5 Å². The lowest BCUT2D eigenvalue weighted by Crippen LogP contribution is -2.43. The van der Waals surface area contributed by atoms with Gasteiger partial charge in [-0.25, -0.2) is 14.2 Å². The predicted molar refractivity (Wildman–Crippen MR) is 113 cm³/mol. The summed E-state index contributed by atoms with van der Waals surface area (Å²) in [5.74, 6) is -1.89. The van der Waals surface area contributed by atoms with Gasteiger partial charge in [0, 0.05) is 34.5 Å². The summed E-state index contributed by atoms with van der Waals surface area (Å²) in [5.41, 5.74) is 2.87. The molecule has 30 heavy (non-hydrogen) atoms. The quantitative estimate of drug-likeness (QED) is 0.422. The van der Waals surface area contributed by atoms with E-state index >= 15 is 0 Å². The molecule has 152 valence electrons. The van der Waals surface area contributed by atoms with Gasteiger partial charge in [-0.2, -0.15) is 0 Å². The van der Waals surface area contributed by atoms with Crippen LogP contribution < -0.4 is 5.32 Å². The van der Waals surface area contributed by atoms with E-state index in [1.165, 1.54) is 23.5 Å². The number of amides is 1. The first-order valence-electron chi connectivity index (χ1n) is 9.27. The number of rotatable bonds is 7. The fourth-order valence-corrected chi connectivity index (χ4v) is 4.09. The molecule has 4 rings (SSSR count). The highest BCUT2D eigenvalue weighted by atomic mass is 32.1. The zero-order valence-electron chi connectivity index (χ0n) is 15.8. The number of carbonyl (C=O) groups is 2. The molecule has 0 bridgehead atoms. The topological polar surface area (TPSA) is 95.1 Å². The molecule has 4 aromatic rings. The van der Waals surface area contributed by atoms with E-state index in [2.05, 4.69) is 15.3 Å². The van der Waals surface area contributed by atoms with E-state index in [1.807, 2.05) is 24.3 Å². The minimum Gasteiger partial charge on any atom is -0.480 e. The number of carbonyl (C=O) groups excluding carboxylic acids is 1. The van der Waals surface area contributed by atoms with Gasteiger partial charge in [-0.1, -0.05) is 30.3 Å². The number of para-hydroxylation sites is 1. The standard InChI is InChI=1S/C22H18FN3O3S/c23-15-5-3-4-13(8-15)21-25-16(12-30-21)10-20(27)26-19(22(28)29)9-14-11-24-18-7-2-1-6-17(14)18/h1-8,11-12,19,24H,9-10H2,(H,26,27)(H,28,29)/t19-/m1/s1. The molecule has 6 nitrogen and oxygen atoms in total. The van der Waals surface area contributed by atoms with Gasteiger partial charge in [-0.3, -0.25) is 4.79 Å². The second kappa shape index (κ2) is 8.46. The number of thiazole rings is 1. The Labute approximate surface area is 175 Å². The van der Waals surface area contributed by atoms with Crippen molar-refractivity contribution in [3.05, 3.63) is 77.2 Å². The molecule has 3 N–H and O–H groups in total. The Bertz CT molecular complexity index is 1220. The summed E-state index contributed by atoms with van der Waals surface area (Å²) in [7, 11) is 0. The van der Waals surface area contributed by atoms with Gasteiger partial charge >= 0.3 is 5.97 Å². The van der Waals surface area contributed by atoms with Crippen molar-refractivity contribution in [2.75, 3.05) is 0 Å². The number of hydrogen-bond acceptors (Lipinski definition) is 4. The van der Waals surface area contributed by atoms with E-state index in [1.54, 1.807) is 23.7 Å². The lowest BCUT2D eigenvalue weighted by atomic mass is 10.0. The maximum Gasteiger partial charge on any atom is 0.326 e. The van der Waals surface area contributed by atoms with Crippen molar-refractivity contribution in [1.29, 1.82) is 0 Å². The van der Waals surface area contributed by atoms with Crippen LogP contribution in [-0.4, -0.2) is 33.0 Å². The number of nitrogens with one attached hydrogen (secondary N) is 2. The van der Waals surface area contributed by atoms with Gasteiger partial charge in [0.05, 0.1) is 12.1 Å². The van der Waals surface area contributed by atoms with Crippen LogP contribution in [0.15, 0.2) is 60.1 Å². The first-order chi connectivity index (χ1) is 14.5. The lowest BCUT2D eigenvalue weighted by molar-refractivity contribution is -0.141. The zero-order valence-corrected chi connectivity index (χ0v) is 16.6. The van der Waals surface area contributed by atoms with Crippen LogP contribution >= 0.6 is 11.3 Å². The third kappa shape index (κ3) is 4.38. The van der Waals surface area contributed by atoms with Gasteiger partial charge in [-0.15, -0.1) is 11.3 Å². The zero-order chi connectivity index (χ0) is 21.1. The highest BCUT2D eigenvalue weighted by molar-refractivity contribution is 7.13.